The molecule has 0 unspecified atom stereocenters. The van der Waals surface area contributed by atoms with E-state index in [4.69, 9.17) is 12.2 Å². The Morgan fingerprint density at radius 3 is 2.42 bits per heavy atom. The number of piperazine rings is 1. The summed E-state index contributed by atoms with van der Waals surface area (Å²) in [5.41, 5.74) is 1.53. The summed E-state index contributed by atoms with van der Waals surface area (Å²) in [7, 11) is 0. The van der Waals surface area contributed by atoms with E-state index < -0.39 is 0 Å². The van der Waals surface area contributed by atoms with Crippen molar-refractivity contribution in [1.29, 1.82) is 5.26 Å². The topological polar surface area (TPSA) is 72.6 Å². The fourth-order valence-electron chi connectivity index (χ4n) is 4.94. The van der Waals surface area contributed by atoms with Gasteiger partial charge in [0.05, 0.1) is 10.6 Å². The molecule has 2 aliphatic rings. The molecule has 0 radical (unpaired) electrons. The van der Waals surface area contributed by atoms with Gasteiger partial charge in [-0.1, -0.05) is 56.9 Å². The number of thioether (sulfide) groups is 1. The standard InChI is InChI=1S/C28H32FN5O2S2/c1-5-10-33-25(32-13-11-31(12-14-32)23-9-7-6-8-22(23)29)20(19(4)21(16-30)26(33)35)15-24-27(36)34(17-18(2)3)28(37)38-24/h6-9,15,18H,5,10-14,17H2,1-4H3/b24-15-. The molecular formula is C28H32FN5O2S2. The van der Waals surface area contributed by atoms with Gasteiger partial charge in [0, 0.05) is 44.8 Å². The zero-order chi connectivity index (χ0) is 27.6. The monoisotopic (exact) mass is 553 g/mol. The van der Waals surface area contributed by atoms with Crippen molar-refractivity contribution < 1.29 is 9.18 Å². The molecule has 38 heavy (non-hydrogen) atoms. The first-order valence-electron chi connectivity index (χ1n) is 12.8. The molecule has 1 aromatic heterocycles. The number of carbonyl (C=O) groups is 1. The highest BCUT2D eigenvalue weighted by Gasteiger charge is 2.34. The predicted molar refractivity (Wildman–Crippen MR) is 156 cm³/mol. The molecule has 2 aromatic rings. The molecule has 0 N–H and O–H groups in total. The van der Waals surface area contributed by atoms with E-state index in [1.165, 1.54) is 17.8 Å². The van der Waals surface area contributed by atoms with Gasteiger partial charge in [0.15, 0.2) is 0 Å². The van der Waals surface area contributed by atoms with Gasteiger partial charge in [0.2, 0.25) is 0 Å². The number of nitriles is 1. The van der Waals surface area contributed by atoms with Crippen LogP contribution in [-0.4, -0.2) is 52.4 Å². The molecule has 0 aliphatic carbocycles. The highest BCUT2D eigenvalue weighted by Crippen LogP contribution is 2.36. The SMILES string of the molecule is CCCn1c(N2CCN(c3ccccc3F)CC2)c(/C=C2\SC(=S)N(CC(C)C)C2=O)c(C)c(C#N)c1=O. The second-order valence-corrected chi connectivity index (χ2v) is 11.6. The van der Waals surface area contributed by atoms with Gasteiger partial charge in [-0.05, 0) is 43.0 Å². The molecule has 1 aromatic carbocycles. The van der Waals surface area contributed by atoms with Gasteiger partial charge in [-0.2, -0.15) is 5.26 Å². The normalized spacial score (nSPS) is 17.2. The Balaban J connectivity index is 1.79. The van der Waals surface area contributed by atoms with Crippen molar-refractivity contribution in [2.24, 2.45) is 5.92 Å². The van der Waals surface area contributed by atoms with Crippen molar-refractivity contribution in [3.05, 3.63) is 62.0 Å². The van der Waals surface area contributed by atoms with Crippen LogP contribution in [0.4, 0.5) is 15.9 Å². The van der Waals surface area contributed by atoms with Crippen molar-refractivity contribution in [2.75, 3.05) is 42.5 Å². The Hall–Kier alpha value is -3.16. The maximum atomic E-state index is 14.4. The first kappa shape index (κ1) is 27.9. The summed E-state index contributed by atoms with van der Waals surface area (Å²) in [6, 6.07) is 8.81. The lowest BCUT2D eigenvalue weighted by molar-refractivity contribution is -0.122. The molecule has 2 saturated heterocycles. The lowest BCUT2D eigenvalue weighted by atomic mass is 10.0. The van der Waals surface area contributed by atoms with E-state index in [0.717, 1.165) is 0 Å². The molecular weight excluding hydrogens is 521 g/mol. The third kappa shape index (κ3) is 5.36. The summed E-state index contributed by atoms with van der Waals surface area (Å²) in [5.74, 6) is 0.532. The third-order valence-electron chi connectivity index (χ3n) is 6.76. The summed E-state index contributed by atoms with van der Waals surface area (Å²) >= 11 is 6.75. The first-order chi connectivity index (χ1) is 18.2. The number of benzene rings is 1. The number of anilines is 2. The van der Waals surface area contributed by atoms with Crippen molar-refractivity contribution in [3.8, 4) is 6.07 Å². The maximum Gasteiger partial charge on any atom is 0.270 e. The molecule has 10 heteroatoms. The molecule has 200 valence electrons. The number of halogens is 1. The number of carbonyl (C=O) groups excluding carboxylic acids is 1. The van der Waals surface area contributed by atoms with Gasteiger partial charge < -0.3 is 9.80 Å². The highest BCUT2D eigenvalue weighted by atomic mass is 32.2. The number of hydrogen-bond donors (Lipinski definition) is 0. The fraction of sp³-hybridized carbons (Fsp3) is 0.429. The lowest BCUT2D eigenvalue weighted by Gasteiger charge is -2.39. The summed E-state index contributed by atoms with van der Waals surface area (Å²) in [4.78, 5) is 32.9. The van der Waals surface area contributed by atoms with E-state index in [2.05, 4.69) is 11.0 Å². The van der Waals surface area contributed by atoms with Crippen LogP contribution < -0.4 is 15.4 Å². The molecule has 2 aliphatic heterocycles. The molecule has 3 heterocycles. The van der Waals surface area contributed by atoms with Crippen LogP contribution >= 0.6 is 24.0 Å². The van der Waals surface area contributed by atoms with Crippen LogP contribution in [0, 0.1) is 30.0 Å². The van der Waals surface area contributed by atoms with Gasteiger partial charge in [0.1, 0.15) is 27.6 Å². The molecule has 7 nitrogen and oxygen atoms in total. The van der Waals surface area contributed by atoms with E-state index in [-0.39, 0.29) is 28.8 Å². The molecule has 1 amide bonds. The minimum absolute atomic E-state index is 0.0797. The number of amides is 1. The Morgan fingerprint density at radius 2 is 1.82 bits per heavy atom. The van der Waals surface area contributed by atoms with Crippen LogP contribution in [0.3, 0.4) is 0 Å². The van der Waals surface area contributed by atoms with E-state index in [9.17, 15) is 19.2 Å². The minimum atomic E-state index is -0.331. The smallest absolute Gasteiger partial charge is 0.270 e. The summed E-state index contributed by atoms with van der Waals surface area (Å²) < 4.78 is 16.6. The van der Waals surface area contributed by atoms with Crippen molar-refractivity contribution in [1.82, 2.24) is 9.47 Å². The van der Waals surface area contributed by atoms with E-state index in [0.29, 0.717) is 77.5 Å². The van der Waals surface area contributed by atoms with Crippen LogP contribution in [-0.2, 0) is 11.3 Å². The Labute approximate surface area is 232 Å². The first-order valence-corrected chi connectivity index (χ1v) is 14.1. The predicted octanol–water partition coefficient (Wildman–Crippen LogP) is 4.76. The second kappa shape index (κ2) is 11.7. The van der Waals surface area contributed by atoms with Crippen molar-refractivity contribution in [2.45, 2.75) is 40.7 Å². The third-order valence-corrected chi connectivity index (χ3v) is 8.14. The largest absolute Gasteiger partial charge is 0.366 e. The van der Waals surface area contributed by atoms with Gasteiger partial charge in [0.25, 0.3) is 11.5 Å². The van der Waals surface area contributed by atoms with Crippen LogP contribution in [0.1, 0.15) is 43.9 Å². The Kier molecular flexibility index (Phi) is 8.58. The zero-order valence-corrected chi connectivity index (χ0v) is 23.8. The number of hydrogen-bond acceptors (Lipinski definition) is 7. The zero-order valence-electron chi connectivity index (χ0n) is 22.2. The maximum absolute atomic E-state index is 14.4. The lowest BCUT2D eigenvalue weighted by Crippen LogP contribution is -2.49. The van der Waals surface area contributed by atoms with Crippen LogP contribution in [0.5, 0.6) is 0 Å². The van der Waals surface area contributed by atoms with Crippen LogP contribution in [0.15, 0.2) is 34.0 Å². The van der Waals surface area contributed by atoms with E-state index in [1.54, 1.807) is 34.6 Å². The van der Waals surface area contributed by atoms with Gasteiger partial charge in [-0.3, -0.25) is 19.1 Å². The van der Waals surface area contributed by atoms with Gasteiger partial charge in [-0.15, -0.1) is 0 Å². The number of pyridine rings is 1. The molecule has 0 saturated carbocycles. The van der Waals surface area contributed by atoms with E-state index >= 15 is 0 Å². The minimum Gasteiger partial charge on any atom is -0.366 e. The van der Waals surface area contributed by atoms with Crippen LogP contribution in [0.25, 0.3) is 6.08 Å². The summed E-state index contributed by atoms with van der Waals surface area (Å²) in [5, 5.41) is 9.86. The Morgan fingerprint density at radius 1 is 1.16 bits per heavy atom. The number of para-hydroxylation sites is 1. The molecule has 2 fully saturated rings. The number of aromatic nitrogens is 1. The molecule has 0 spiro atoms. The summed E-state index contributed by atoms with van der Waals surface area (Å²) in [6.07, 6.45) is 2.49. The molecule has 0 bridgehead atoms. The number of nitrogens with zero attached hydrogens (tertiary/aromatic N) is 5. The quantitative estimate of drug-likeness (QED) is 0.362. The van der Waals surface area contributed by atoms with Crippen LogP contribution in [0.2, 0.25) is 0 Å². The number of thiocarbonyl (C=S) groups is 1. The molecule has 4 rings (SSSR count). The van der Waals surface area contributed by atoms with E-state index in [1.807, 2.05) is 31.7 Å². The van der Waals surface area contributed by atoms with Crippen molar-refractivity contribution in [3.63, 3.8) is 0 Å². The van der Waals surface area contributed by atoms with Crippen molar-refractivity contribution >= 4 is 51.8 Å². The van der Waals surface area contributed by atoms with Gasteiger partial charge >= 0.3 is 0 Å². The Bertz CT molecular complexity index is 1390. The number of rotatable bonds is 7. The average molecular weight is 554 g/mol. The average Bonchev–Trinajstić information content (AvgIpc) is 3.15. The highest BCUT2D eigenvalue weighted by molar-refractivity contribution is 8.26. The molecule has 0 atom stereocenters. The fourth-order valence-corrected chi connectivity index (χ4v) is 6.19. The van der Waals surface area contributed by atoms with Gasteiger partial charge in [-0.25, -0.2) is 4.39 Å². The summed E-state index contributed by atoms with van der Waals surface area (Å²) in [6.45, 7) is 11.0. The second-order valence-electron chi connectivity index (χ2n) is 9.92.